The molecule has 1 rings (SSSR count). The van der Waals surface area contributed by atoms with E-state index in [0.29, 0.717) is 5.56 Å². The molecule has 0 aliphatic rings. The molecule has 1 aromatic carbocycles. The van der Waals surface area contributed by atoms with Crippen molar-refractivity contribution in [2.24, 2.45) is 5.73 Å². The van der Waals surface area contributed by atoms with Gasteiger partial charge in [-0.25, -0.2) is 8.42 Å². The molecule has 19 heavy (non-hydrogen) atoms. The summed E-state index contributed by atoms with van der Waals surface area (Å²) in [5, 5.41) is 10.6. The summed E-state index contributed by atoms with van der Waals surface area (Å²) < 4.78 is 23.8. The number of nitrogens with zero attached hydrogens (tertiary/aromatic N) is 1. The molecular weight excluding hydrogens is 292 g/mol. The summed E-state index contributed by atoms with van der Waals surface area (Å²) in [6.07, 6.45) is 0. The van der Waals surface area contributed by atoms with Crippen LogP contribution in [0.1, 0.15) is 19.4 Å². The van der Waals surface area contributed by atoms with Crippen molar-refractivity contribution in [1.82, 2.24) is 0 Å². The molecule has 0 bridgehead atoms. The lowest BCUT2D eigenvalue weighted by molar-refractivity contribution is -0.384. The molecule has 0 unspecified atom stereocenters. The third kappa shape index (κ3) is 5.14. The van der Waals surface area contributed by atoms with Crippen LogP contribution in [0, 0.1) is 10.1 Å². The zero-order valence-corrected chi connectivity index (χ0v) is 12.2. The molecule has 8 heteroatoms. The smallest absolute Gasteiger partial charge is 0.270 e. The summed E-state index contributed by atoms with van der Waals surface area (Å²) in [5.41, 5.74) is 4.99. The molecule has 0 fully saturated rings. The Bertz CT molecular complexity index is 593. The van der Waals surface area contributed by atoms with Crippen molar-refractivity contribution in [2.45, 2.75) is 25.1 Å². The number of hydrogen-bond donors (Lipinski definition) is 1. The fourth-order valence-electron chi connectivity index (χ4n) is 1.62. The predicted molar refractivity (Wildman–Crippen MR) is 73.9 cm³/mol. The lowest BCUT2D eigenvalue weighted by Gasteiger charge is -2.18. The summed E-state index contributed by atoms with van der Waals surface area (Å²) in [6.45, 7) is 3.23. The van der Waals surface area contributed by atoms with Gasteiger partial charge in [-0.2, -0.15) is 0 Å². The van der Waals surface area contributed by atoms with Crippen LogP contribution in [0.2, 0.25) is 5.02 Å². The van der Waals surface area contributed by atoms with Gasteiger partial charge in [-0.05, 0) is 25.5 Å². The standard InChI is InChI=1S/C11H15ClN2O4S/c1-11(2,13)7-19(17,18)6-8-3-4-9(14(15)16)5-10(8)12/h3-5H,6-7,13H2,1-2H3. The quantitative estimate of drug-likeness (QED) is 0.661. The second-order valence-electron chi connectivity index (χ2n) is 5.05. The zero-order valence-electron chi connectivity index (χ0n) is 10.6. The first-order chi connectivity index (χ1) is 8.50. The SMILES string of the molecule is CC(C)(N)CS(=O)(=O)Cc1ccc([N+](=O)[O-])cc1Cl. The topological polar surface area (TPSA) is 103 Å². The first-order valence-electron chi connectivity index (χ1n) is 5.42. The number of nitro groups is 1. The number of halogens is 1. The third-order valence-electron chi connectivity index (χ3n) is 2.21. The van der Waals surface area contributed by atoms with Crippen LogP contribution in [0.5, 0.6) is 0 Å². The first-order valence-corrected chi connectivity index (χ1v) is 7.62. The molecule has 0 aromatic heterocycles. The van der Waals surface area contributed by atoms with E-state index in [2.05, 4.69) is 0 Å². The first kappa shape index (κ1) is 15.9. The molecule has 2 N–H and O–H groups in total. The molecule has 0 saturated carbocycles. The minimum atomic E-state index is -3.43. The number of sulfone groups is 1. The Morgan fingerprint density at radius 2 is 2.00 bits per heavy atom. The average Bonchev–Trinajstić information content (AvgIpc) is 2.16. The van der Waals surface area contributed by atoms with E-state index in [1.807, 2.05) is 0 Å². The van der Waals surface area contributed by atoms with Gasteiger partial charge < -0.3 is 5.73 Å². The van der Waals surface area contributed by atoms with Gasteiger partial charge in [-0.15, -0.1) is 0 Å². The Morgan fingerprint density at radius 1 is 1.42 bits per heavy atom. The number of benzene rings is 1. The van der Waals surface area contributed by atoms with E-state index in [1.165, 1.54) is 12.1 Å². The minimum Gasteiger partial charge on any atom is -0.325 e. The highest BCUT2D eigenvalue weighted by atomic mass is 35.5. The maximum atomic E-state index is 11.9. The summed E-state index contributed by atoms with van der Waals surface area (Å²) in [4.78, 5) is 9.96. The lowest BCUT2D eigenvalue weighted by atomic mass is 10.1. The van der Waals surface area contributed by atoms with E-state index >= 15 is 0 Å². The molecule has 6 nitrogen and oxygen atoms in total. The maximum absolute atomic E-state index is 11.9. The molecular formula is C11H15ClN2O4S. The normalized spacial score (nSPS) is 12.4. The Morgan fingerprint density at radius 3 is 2.42 bits per heavy atom. The predicted octanol–water partition coefficient (Wildman–Crippen LogP) is 1.90. The molecule has 0 aliphatic carbocycles. The van der Waals surface area contributed by atoms with Crippen molar-refractivity contribution >= 4 is 27.1 Å². The van der Waals surface area contributed by atoms with Gasteiger partial charge in [0.15, 0.2) is 9.84 Å². The van der Waals surface area contributed by atoms with Gasteiger partial charge in [-0.3, -0.25) is 10.1 Å². The average molecular weight is 307 g/mol. The number of rotatable bonds is 5. The van der Waals surface area contributed by atoms with Gasteiger partial charge in [0.05, 0.1) is 21.5 Å². The summed E-state index contributed by atoms with van der Waals surface area (Å²) in [7, 11) is -3.43. The van der Waals surface area contributed by atoms with Crippen LogP contribution in [0.25, 0.3) is 0 Å². The van der Waals surface area contributed by atoms with E-state index in [4.69, 9.17) is 17.3 Å². The Balaban J connectivity index is 2.98. The molecule has 0 atom stereocenters. The van der Waals surface area contributed by atoms with Gasteiger partial charge in [0.25, 0.3) is 5.69 Å². The summed E-state index contributed by atoms with van der Waals surface area (Å²) in [5.74, 6) is -0.474. The maximum Gasteiger partial charge on any atom is 0.270 e. The van der Waals surface area contributed by atoms with Crippen molar-refractivity contribution in [3.05, 3.63) is 38.9 Å². The van der Waals surface area contributed by atoms with Gasteiger partial charge in [0, 0.05) is 17.7 Å². The Hall–Kier alpha value is -1.18. The zero-order chi connectivity index (χ0) is 14.8. The number of hydrogen-bond acceptors (Lipinski definition) is 5. The van der Waals surface area contributed by atoms with Crippen LogP contribution in [-0.4, -0.2) is 24.6 Å². The molecule has 0 spiro atoms. The largest absolute Gasteiger partial charge is 0.325 e. The fraction of sp³-hybridized carbons (Fsp3) is 0.455. The second kappa shape index (κ2) is 5.44. The lowest BCUT2D eigenvalue weighted by Crippen LogP contribution is -2.40. The molecule has 1 aromatic rings. The van der Waals surface area contributed by atoms with Gasteiger partial charge >= 0.3 is 0 Å². The van der Waals surface area contributed by atoms with Crippen molar-refractivity contribution < 1.29 is 13.3 Å². The van der Waals surface area contributed by atoms with Crippen molar-refractivity contribution in [2.75, 3.05) is 5.75 Å². The number of nitro benzene ring substituents is 1. The molecule has 0 aliphatic heterocycles. The minimum absolute atomic E-state index is 0.0626. The molecule has 0 amide bonds. The highest BCUT2D eigenvalue weighted by molar-refractivity contribution is 7.90. The van der Waals surface area contributed by atoms with Gasteiger partial charge in [0.1, 0.15) is 0 Å². The molecule has 0 saturated heterocycles. The highest BCUT2D eigenvalue weighted by Crippen LogP contribution is 2.24. The monoisotopic (exact) mass is 306 g/mol. The van der Waals surface area contributed by atoms with Gasteiger partial charge in [0.2, 0.25) is 0 Å². The van der Waals surface area contributed by atoms with Crippen LogP contribution < -0.4 is 5.73 Å². The van der Waals surface area contributed by atoms with E-state index < -0.39 is 20.3 Å². The van der Waals surface area contributed by atoms with E-state index in [0.717, 1.165) is 6.07 Å². The van der Waals surface area contributed by atoms with Crippen LogP contribution in [0.3, 0.4) is 0 Å². The second-order valence-corrected chi connectivity index (χ2v) is 7.53. The number of non-ortho nitro benzene ring substituents is 1. The van der Waals surface area contributed by atoms with Crippen molar-refractivity contribution in [3.63, 3.8) is 0 Å². The van der Waals surface area contributed by atoms with E-state index in [9.17, 15) is 18.5 Å². The molecule has 0 heterocycles. The van der Waals surface area contributed by atoms with E-state index in [-0.39, 0.29) is 22.2 Å². The van der Waals surface area contributed by atoms with E-state index in [1.54, 1.807) is 13.8 Å². The summed E-state index contributed by atoms with van der Waals surface area (Å²) >= 11 is 5.85. The highest BCUT2D eigenvalue weighted by Gasteiger charge is 2.23. The fourth-order valence-corrected chi connectivity index (χ4v) is 3.90. The molecule has 106 valence electrons. The third-order valence-corrected chi connectivity index (χ3v) is 4.50. The van der Waals surface area contributed by atoms with Crippen LogP contribution >= 0.6 is 11.6 Å². The van der Waals surface area contributed by atoms with Crippen molar-refractivity contribution in [1.29, 1.82) is 0 Å². The Labute approximate surface area is 116 Å². The summed E-state index contributed by atoms with van der Waals surface area (Å²) in [6, 6.07) is 3.71. The number of nitrogens with two attached hydrogens (primary N) is 1. The van der Waals surface area contributed by atoms with Crippen LogP contribution in [-0.2, 0) is 15.6 Å². The molecule has 0 radical (unpaired) electrons. The van der Waals surface area contributed by atoms with Gasteiger partial charge in [-0.1, -0.05) is 11.6 Å². The van der Waals surface area contributed by atoms with Crippen molar-refractivity contribution in [3.8, 4) is 0 Å². The Kier molecular flexibility index (Phi) is 4.54. The van der Waals surface area contributed by atoms with Crippen LogP contribution in [0.4, 0.5) is 5.69 Å². The van der Waals surface area contributed by atoms with Crippen LogP contribution in [0.15, 0.2) is 18.2 Å².